The van der Waals surface area contributed by atoms with Gasteiger partial charge < -0.3 is 14.6 Å². The molecule has 0 heterocycles. The first kappa shape index (κ1) is 14.1. The highest BCUT2D eigenvalue weighted by molar-refractivity contribution is 5.89. The summed E-state index contributed by atoms with van der Waals surface area (Å²) in [5.74, 6) is 0.213. The third-order valence-corrected chi connectivity index (χ3v) is 2.60. The average molecular weight is 272 g/mol. The zero-order valence-electron chi connectivity index (χ0n) is 10.9. The fourth-order valence-electron chi connectivity index (χ4n) is 1.59. The Labute approximate surface area is 117 Å². The maximum absolute atomic E-state index is 11.6. The molecule has 0 unspecified atom stereocenters. The van der Waals surface area contributed by atoms with E-state index in [2.05, 4.69) is 0 Å². The lowest BCUT2D eigenvalue weighted by Crippen LogP contribution is -2.25. The average Bonchev–Trinajstić information content (AvgIpc) is 2.52. The van der Waals surface area contributed by atoms with Gasteiger partial charge in [0.2, 0.25) is 0 Å². The van der Waals surface area contributed by atoms with E-state index in [1.54, 1.807) is 36.4 Å². The van der Waals surface area contributed by atoms with Crippen molar-refractivity contribution in [3.05, 3.63) is 66.2 Å². The van der Waals surface area contributed by atoms with Gasteiger partial charge in [0, 0.05) is 0 Å². The topological polar surface area (TPSA) is 55.8 Å². The number of aliphatic hydroxyl groups is 1. The van der Waals surface area contributed by atoms with E-state index < -0.39 is 12.1 Å². The standard InChI is InChI=1S/C16H16O4/c17-14(11-19-15-9-5-2-6-10-15)12-20-16(18)13-7-3-1-4-8-13/h1-10,14,17H,11-12H2/t14-/m0/s1. The fourth-order valence-corrected chi connectivity index (χ4v) is 1.59. The number of ether oxygens (including phenoxy) is 2. The fraction of sp³-hybridized carbons (Fsp3) is 0.188. The molecule has 20 heavy (non-hydrogen) atoms. The van der Waals surface area contributed by atoms with Gasteiger partial charge in [-0.15, -0.1) is 0 Å². The van der Waals surface area contributed by atoms with Crippen LogP contribution < -0.4 is 4.74 Å². The molecule has 2 rings (SSSR count). The Morgan fingerprint density at radius 1 is 0.950 bits per heavy atom. The highest BCUT2D eigenvalue weighted by atomic mass is 16.5. The maximum atomic E-state index is 11.6. The SMILES string of the molecule is O=C(OC[C@@H](O)COc1ccccc1)c1ccccc1. The van der Waals surface area contributed by atoms with Gasteiger partial charge in [-0.3, -0.25) is 0 Å². The lowest BCUT2D eigenvalue weighted by atomic mass is 10.2. The number of esters is 1. The monoisotopic (exact) mass is 272 g/mol. The van der Waals surface area contributed by atoms with E-state index in [0.29, 0.717) is 11.3 Å². The summed E-state index contributed by atoms with van der Waals surface area (Å²) in [6, 6.07) is 17.8. The van der Waals surface area contributed by atoms with Crippen LogP contribution in [0.4, 0.5) is 0 Å². The van der Waals surface area contributed by atoms with E-state index in [4.69, 9.17) is 9.47 Å². The van der Waals surface area contributed by atoms with Crippen LogP contribution in [0.3, 0.4) is 0 Å². The molecule has 2 aromatic carbocycles. The van der Waals surface area contributed by atoms with Crippen LogP contribution in [0.1, 0.15) is 10.4 Å². The molecule has 0 aromatic heterocycles. The van der Waals surface area contributed by atoms with Gasteiger partial charge >= 0.3 is 5.97 Å². The molecule has 0 amide bonds. The predicted molar refractivity (Wildman–Crippen MR) is 74.7 cm³/mol. The largest absolute Gasteiger partial charge is 0.491 e. The molecule has 104 valence electrons. The highest BCUT2D eigenvalue weighted by Gasteiger charge is 2.11. The Hall–Kier alpha value is -2.33. The van der Waals surface area contributed by atoms with Crippen LogP contribution >= 0.6 is 0 Å². The molecule has 1 N–H and O–H groups in total. The van der Waals surface area contributed by atoms with Crippen LogP contribution in [0, 0.1) is 0 Å². The number of carbonyl (C=O) groups is 1. The van der Waals surface area contributed by atoms with Gasteiger partial charge in [0.05, 0.1) is 5.56 Å². The van der Waals surface area contributed by atoms with Crippen molar-refractivity contribution in [2.24, 2.45) is 0 Å². The molecule has 4 heteroatoms. The van der Waals surface area contributed by atoms with Gasteiger partial charge in [0.25, 0.3) is 0 Å². The smallest absolute Gasteiger partial charge is 0.338 e. The third-order valence-electron chi connectivity index (χ3n) is 2.60. The number of para-hydroxylation sites is 1. The second kappa shape index (κ2) is 7.31. The Morgan fingerprint density at radius 3 is 2.20 bits per heavy atom. The van der Waals surface area contributed by atoms with Crippen molar-refractivity contribution in [2.75, 3.05) is 13.2 Å². The molecule has 2 aromatic rings. The number of hydrogen-bond acceptors (Lipinski definition) is 4. The maximum Gasteiger partial charge on any atom is 0.338 e. The number of aliphatic hydroxyl groups excluding tert-OH is 1. The summed E-state index contributed by atoms with van der Waals surface area (Å²) in [7, 11) is 0. The Morgan fingerprint density at radius 2 is 1.55 bits per heavy atom. The van der Waals surface area contributed by atoms with E-state index in [9.17, 15) is 9.90 Å². The van der Waals surface area contributed by atoms with Crippen LogP contribution in [0.5, 0.6) is 5.75 Å². The predicted octanol–water partition coefficient (Wildman–Crippen LogP) is 2.28. The van der Waals surface area contributed by atoms with Crippen LogP contribution in [0.15, 0.2) is 60.7 Å². The number of benzene rings is 2. The number of carbonyl (C=O) groups excluding carboxylic acids is 1. The second-order valence-electron chi connectivity index (χ2n) is 4.24. The van der Waals surface area contributed by atoms with Gasteiger partial charge in [-0.2, -0.15) is 0 Å². The molecule has 0 fully saturated rings. The van der Waals surface area contributed by atoms with Gasteiger partial charge in [-0.1, -0.05) is 36.4 Å². The molecule has 0 radical (unpaired) electrons. The normalized spacial score (nSPS) is 11.7. The molecule has 0 spiro atoms. The van der Waals surface area contributed by atoms with Crippen molar-refractivity contribution in [1.29, 1.82) is 0 Å². The van der Waals surface area contributed by atoms with E-state index in [0.717, 1.165) is 0 Å². The lowest BCUT2D eigenvalue weighted by Gasteiger charge is -2.12. The molecular formula is C16H16O4. The highest BCUT2D eigenvalue weighted by Crippen LogP contribution is 2.08. The quantitative estimate of drug-likeness (QED) is 0.820. The summed E-state index contributed by atoms with van der Waals surface area (Å²) in [5.41, 5.74) is 0.462. The number of rotatable bonds is 6. The van der Waals surface area contributed by atoms with E-state index in [-0.39, 0.29) is 13.2 Å². The lowest BCUT2D eigenvalue weighted by molar-refractivity contribution is 0.0130. The third kappa shape index (κ3) is 4.40. The van der Waals surface area contributed by atoms with Crippen LogP contribution in [0.2, 0.25) is 0 Å². The minimum Gasteiger partial charge on any atom is -0.491 e. The van der Waals surface area contributed by atoms with Gasteiger partial charge in [-0.25, -0.2) is 4.79 Å². The summed E-state index contributed by atoms with van der Waals surface area (Å²) < 4.78 is 10.4. The Balaban J connectivity index is 1.73. The van der Waals surface area contributed by atoms with Crippen LogP contribution in [0.25, 0.3) is 0 Å². The summed E-state index contributed by atoms with van der Waals surface area (Å²) in [5, 5.41) is 9.70. The molecule has 0 aliphatic heterocycles. The summed E-state index contributed by atoms with van der Waals surface area (Å²) in [6.45, 7) is -0.0212. The first-order chi connectivity index (χ1) is 9.75. The van der Waals surface area contributed by atoms with E-state index in [1.807, 2.05) is 24.3 Å². The van der Waals surface area contributed by atoms with Crippen molar-refractivity contribution < 1.29 is 19.4 Å². The second-order valence-corrected chi connectivity index (χ2v) is 4.24. The molecule has 0 bridgehead atoms. The van der Waals surface area contributed by atoms with Gasteiger partial charge in [0.15, 0.2) is 0 Å². The summed E-state index contributed by atoms with van der Waals surface area (Å²) in [4.78, 5) is 11.6. The summed E-state index contributed by atoms with van der Waals surface area (Å²) in [6.07, 6.45) is -0.858. The summed E-state index contributed by atoms with van der Waals surface area (Å²) >= 11 is 0. The zero-order valence-corrected chi connectivity index (χ0v) is 10.9. The molecule has 0 saturated heterocycles. The first-order valence-corrected chi connectivity index (χ1v) is 6.34. The number of hydrogen-bond donors (Lipinski definition) is 1. The molecule has 0 aliphatic rings. The molecule has 1 atom stereocenters. The van der Waals surface area contributed by atoms with Crippen LogP contribution in [-0.2, 0) is 4.74 Å². The van der Waals surface area contributed by atoms with Crippen molar-refractivity contribution in [3.8, 4) is 5.75 Å². The van der Waals surface area contributed by atoms with Gasteiger partial charge in [0.1, 0.15) is 25.1 Å². The minimum atomic E-state index is -0.858. The van der Waals surface area contributed by atoms with E-state index in [1.165, 1.54) is 0 Å². The van der Waals surface area contributed by atoms with Crippen LogP contribution in [-0.4, -0.2) is 30.4 Å². The van der Waals surface area contributed by atoms with Gasteiger partial charge in [-0.05, 0) is 24.3 Å². The molecular weight excluding hydrogens is 256 g/mol. The minimum absolute atomic E-state index is 0.0755. The Kier molecular flexibility index (Phi) is 5.15. The molecule has 4 nitrogen and oxygen atoms in total. The zero-order chi connectivity index (χ0) is 14.2. The van der Waals surface area contributed by atoms with Crippen molar-refractivity contribution >= 4 is 5.97 Å². The van der Waals surface area contributed by atoms with E-state index >= 15 is 0 Å². The van der Waals surface area contributed by atoms with Crippen molar-refractivity contribution in [1.82, 2.24) is 0 Å². The van der Waals surface area contributed by atoms with Crippen molar-refractivity contribution in [3.63, 3.8) is 0 Å². The molecule has 0 saturated carbocycles. The first-order valence-electron chi connectivity index (χ1n) is 6.34. The Bertz CT molecular complexity index is 525. The van der Waals surface area contributed by atoms with Crippen molar-refractivity contribution in [2.45, 2.75) is 6.10 Å². The molecule has 0 aliphatic carbocycles.